The Hall–Kier alpha value is 1.48. The minimum atomic E-state index is -1.37. The zero-order chi connectivity index (χ0) is 8.04. The SMILES string of the molecule is CCCCCC[P+](S)(S)S. The Balaban J connectivity index is 3.04. The van der Waals surface area contributed by atoms with Crippen molar-refractivity contribution in [1.29, 1.82) is 0 Å². The zero-order valence-corrected chi connectivity index (χ0v) is 9.90. The van der Waals surface area contributed by atoms with Crippen molar-refractivity contribution >= 4 is 41.6 Å². The molecular weight excluding hydrogens is 199 g/mol. The smallest absolute Gasteiger partial charge is 0.0654 e. The second-order valence-corrected chi connectivity index (χ2v) is 13.3. The number of unbranched alkanes of at least 4 members (excludes halogenated alkanes) is 3. The van der Waals surface area contributed by atoms with Gasteiger partial charge in [0.25, 0.3) is 0 Å². The topological polar surface area (TPSA) is 0 Å². The maximum atomic E-state index is 4.30. The van der Waals surface area contributed by atoms with Crippen LogP contribution in [0, 0.1) is 0 Å². The number of hydrogen-bond acceptors (Lipinski definition) is 3. The van der Waals surface area contributed by atoms with Crippen LogP contribution >= 0.6 is 41.6 Å². The summed E-state index contributed by atoms with van der Waals surface area (Å²) in [5.41, 5.74) is 0. The molecule has 0 atom stereocenters. The van der Waals surface area contributed by atoms with Gasteiger partial charge in [-0.05, 0) is 12.8 Å². The molecule has 0 bridgehead atoms. The van der Waals surface area contributed by atoms with E-state index in [-0.39, 0.29) is 0 Å². The molecule has 0 nitrogen and oxygen atoms in total. The van der Waals surface area contributed by atoms with Crippen molar-refractivity contribution in [2.45, 2.75) is 32.6 Å². The third-order valence-electron chi connectivity index (χ3n) is 1.31. The van der Waals surface area contributed by atoms with Gasteiger partial charge in [0.1, 0.15) is 0 Å². The van der Waals surface area contributed by atoms with E-state index in [9.17, 15) is 0 Å². The van der Waals surface area contributed by atoms with E-state index in [1.165, 1.54) is 25.7 Å². The van der Waals surface area contributed by atoms with Crippen molar-refractivity contribution in [1.82, 2.24) is 0 Å². The highest BCUT2D eigenvalue weighted by atomic mass is 33.4. The van der Waals surface area contributed by atoms with E-state index in [0.29, 0.717) is 0 Å². The van der Waals surface area contributed by atoms with Crippen LogP contribution in [0.5, 0.6) is 0 Å². The molecule has 4 heteroatoms. The molecule has 0 aliphatic rings. The standard InChI is InChI=1S/C6H16PS3/c1-2-3-4-5-6-7(8,9)10/h8-10H,2-6H2,1H3/q+1. The molecule has 0 aliphatic heterocycles. The highest BCUT2D eigenvalue weighted by Crippen LogP contribution is 2.72. The molecule has 62 valence electrons. The lowest BCUT2D eigenvalue weighted by Gasteiger charge is -2.04. The highest BCUT2D eigenvalue weighted by Gasteiger charge is 2.22. The van der Waals surface area contributed by atoms with Crippen molar-refractivity contribution in [2.24, 2.45) is 0 Å². The second kappa shape index (κ2) is 6.05. The lowest BCUT2D eigenvalue weighted by molar-refractivity contribution is 0.706. The lowest BCUT2D eigenvalue weighted by Crippen LogP contribution is -1.81. The summed E-state index contributed by atoms with van der Waals surface area (Å²) in [5.74, 6) is 0. The van der Waals surface area contributed by atoms with E-state index in [4.69, 9.17) is 0 Å². The Bertz CT molecular complexity index is 79.6. The Morgan fingerprint density at radius 3 is 2.00 bits per heavy atom. The summed E-state index contributed by atoms with van der Waals surface area (Å²) in [4.78, 5) is -1.37. The third kappa shape index (κ3) is 9.48. The second-order valence-electron chi connectivity index (χ2n) is 2.48. The Morgan fingerprint density at radius 1 is 1.00 bits per heavy atom. The predicted molar refractivity (Wildman–Crippen MR) is 62.9 cm³/mol. The molecule has 0 amide bonds. The summed E-state index contributed by atoms with van der Waals surface area (Å²) in [7, 11) is 0. The maximum absolute atomic E-state index is 4.30. The first kappa shape index (κ1) is 11.5. The molecular formula is C6H16PS3+. The minimum absolute atomic E-state index is 1.09. The molecule has 0 saturated heterocycles. The first-order valence-electron chi connectivity index (χ1n) is 3.62. The van der Waals surface area contributed by atoms with Gasteiger partial charge in [-0.2, -0.15) is 0 Å². The van der Waals surface area contributed by atoms with E-state index in [1.54, 1.807) is 0 Å². The number of thiol groups is 3. The first-order chi connectivity index (χ1) is 4.56. The first-order valence-corrected chi connectivity index (χ1v) is 9.06. The van der Waals surface area contributed by atoms with E-state index in [1.807, 2.05) is 0 Å². The van der Waals surface area contributed by atoms with Crippen molar-refractivity contribution in [3.63, 3.8) is 0 Å². The van der Waals surface area contributed by atoms with Crippen LogP contribution in [0.15, 0.2) is 0 Å². The van der Waals surface area contributed by atoms with Gasteiger partial charge in [-0.25, -0.2) is 0 Å². The molecule has 0 saturated carbocycles. The van der Waals surface area contributed by atoms with E-state index in [2.05, 4.69) is 43.7 Å². The fourth-order valence-corrected chi connectivity index (χ4v) is 2.67. The van der Waals surface area contributed by atoms with Crippen LogP contribution in [0.1, 0.15) is 32.6 Å². The normalized spacial score (nSPS) is 12.0. The van der Waals surface area contributed by atoms with Gasteiger partial charge in [-0.1, -0.05) is 19.8 Å². The van der Waals surface area contributed by atoms with Gasteiger partial charge in [-0.15, -0.1) is 0 Å². The molecule has 0 aromatic rings. The minimum Gasteiger partial charge on any atom is -0.0654 e. The Labute approximate surface area is 80.4 Å². The van der Waals surface area contributed by atoms with Crippen molar-refractivity contribution < 1.29 is 0 Å². The fourth-order valence-electron chi connectivity index (χ4n) is 0.751. The monoisotopic (exact) mass is 215 g/mol. The van der Waals surface area contributed by atoms with Crippen molar-refractivity contribution in [2.75, 3.05) is 6.16 Å². The molecule has 0 radical (unpaired) electrons. The molecule has 0 aromatic carbocycles. The third-order valence-corrected chi connectivity index (χ3v) is 4.03. The quantitative estimate of drug-likeness (QED) is 0.343. The average molecular weight is 215 g/mol. The molecule has 0 spiro atoms. The van der Waals surface area contributed by atoms with Crippen LogP contribution in [0.3, 0.4) is 0 Å². The lowest BCUT2D eigenvalue weighted by atomic mass is 10.2. The maximum Gasteiger partial charge on any atom is 0.180 e. The average Bonchev–Trinajstić information content (AvgIpc) is 1.78. The van der Waals surface area contributed by atoms with Gasteiger partial charge in [0.2, 0.25) is 0 Å². The molecule has 0 N–H and O–H groups in total. The molecule has 0 aliphatic carbocycles. The summed E-state index contributed by atoms with van der Waals surface area (Å²) in [6.07, 6.45) is 6.24. The predicted octanol–water partition coefficient (Wildman–Crippen LogP) is 4.12. The summed E-state index contributed by atoms with van der Waals surface area (Å²) in [5, 5.41) is 0. The molecule has 0 heterocycles. The van der Waals surface area contributed by atoms with Crippen molar-refractivity contribution in [3.05, 3.63) is 0 Å². The summed E-state index contributed by atoms with van der Waals surface area (Å²) in [6, 6.07) is 0. The van der Waals surface area contributed by atoms with Gasteiger partial charge < -0.3 is 0 Å². The largest absolute Gasteiger partial charge is 0.180 e. The van der Waals surface area contributed by atoms with Gasteiger partial charge >= 0.3 is 0 Å². The fraction of sp³-hybridized carbons (Fsp3) is 1.00. The van der Waals surface area contributed by atoms with Crippen LogP contribution < -0.4 is 0 Å². The van der Waals surface area contributed by atoms with Gasteiger partial charge in [0.05, 0.1) is 6.16 Å². The van der Waals surface area contributed by atoms with Gasteiger partial charge in [0, 0.05) is 36.7 Å². The number of rotatable bonds is 5. The molecule has 0 aromatic heterocycles. The number of hydrogen-bond donors (Lipinski definition) is 3. The highest BCUT2D eigenvalue weighted by molar-refractivity contribution is 9.09. The van der Waals surface area contributed by atoms with E-state index < -0.39 is 4.87 Å². The molecule has 0 unspecified atom stereocenters. The van der Waals surface area contributed by atoms with Crippen LogP contribution in [0.4, 0.5) is 0 Å². The molecule has 10 heavy (non-hydrogen) atoms. The summed E-state index contributed by atoms with van der Waals surface area (Å²) < 4.78 is 0. The van der Waals surface area contributed by atoms with E-state index in [0.717, 1.165) is 6.16 Å². The zero-order valence-electron chi connectivity index (χ0n) is 6.32. The van der Waals surface area contributed by atoms with Gasteiger partial charge in [0.15, 0.2) is 4.87 Å². The summed E-state index contributed by atoms with van der Waals surface area (Å²) in [6.45, 7) is 2.21. The summed E-state index contributed by atoms with van der Waals surface area (Å²) >= 11 is 12.9. The van der Waals surface area contributed by atoms with Crippen molar-refractivity contribution in [3.8, 4) is 0 Å². The van der Waals surface area contributed by atoms with Crippen LogP contribution in [0.25, 0.3) is 0 Å². The Morgan fingerprint density at radius 2 is 1.60 bits per heavy atom. The Kier molecular flexibility index (Phi) is 6.94. The van der Waals surface area contributed by atoms with Crippen LogP contribution in [-0.4, -0.2) is 6.16 Å². The van der Waals surface area contributed by atoms with Gasteiger partial charge in [-0.3, -0.25) is 0 Å². The molecule has 0 fully saturated rings. The van der Waals surface area contributed by atoms with Crippen LogP contribution in [-0.2, 0) is 0 Å². The van der Waals surface area contributed by atoms with E-state index >= 15 is 0 Å². The molecule has 0 rings (SSSR count). The van der Waals surface area contributed by atoms with Crippen LogP contribution in [0.2, 0.25) is 0 Å².